The van der Waals surface area contributed by atoms with E-state index >= 15 is 0 Å². The molecule has 1 aliphatic carbocycles. The molecule has 15 heavy (non-hydrogen) atoms. The van der Waals surface area contributed by atoms with Crippen molar-refractivity contribution in [2.45, 2.75) is 45.1 Å². The molecular formula is C13H23NO. The van der Waals surface area contributed by atoms with Crippen LogP contribution in [0.25, 0.3) is 0 Å². The zero-order chi connectivity index (χ0) is 10.5. The molecule has 1 atom stereocenters. The second kappa shape index (κ2) is 5.66. The Morgan fingerprint density at radius 1 is 1.40 bits per heavy atom. The number of ether oxygens (including phenoxy) is 1. The minimum Gasteiger partial charge on any atom is -0.379 e. The summed E-state index contributed by atoms with van der Waals surface area (Å²) in [7, 11) is 0. The number of hydrogen-bond acceptors (Lipinski definition) is 2. The first-order chi connectivity index (χ1) is 7.34. The second-order valence-corrected chi connectivity index (χ2v) is 4.99. The van der Waals surface area contributed by atoms with Gasteiger partial charge in [-0.1, -0.05) is 24.5 Å². The third-order valence-corrected chi connectivity index (χ3v) is 3.49. The van der Waals surface area contributed by atoms with Crippen LogP contribution in [0.4, 0.5) is 0 Å². The maximum Gasteiger partial charge on any atom is 0.0623 e. The van der Waals surface area contributed by atoms with Crippen molar-refractivity contribution in [2.75, 3.05) is 19.8 Å². The summed E-state index contributed by atoms with van der Waals surface area (Å²) in [5.74, 6) is 0.870. The number of allylic oxidation sites excluding steroid dienone is 1. The highest BCUT2D eigenvalue weighted by atomic mass is 16.5. The average Bonchev–Trinajstić information content (AvgIpc) is 2.71. The first-order valence-corrected chi connectivity index (χ1v) is 6.33. The topological polar surface area (TPSA) is 21.3 Å². The molecule has 0 radical (unpaired) electrons. The van der Waals surface area contributed by atoms with Gasteiger partial charge < -0.3 is 10.1 Å². The Balaban J connectivity index is 1.76. The van der Waals surface area contributed by atoms with Crippen LogP contribution in [0, 0.1) is 5.92 Å². The monoisotopic (exact) mass is 209 g/mol. The summed E-state index contributed by atoms with van der Waals surface area (Å²) < 4.78 is 5.46. The fourth-order valence-electron chi connectivity index (χ4n) is 2.73. The van der Waals surface area contributed by atoms with Crippen LogP contribution in [0.3, 0.4) is 0 Å². The molecule has 2 fully saturated rings. The molecule has 1 heterocycles. The molecule has 0 bridgehead atoms. The van der Waals surface area contributed by atoms with Crippen molar-refractivity contribution in [1.82, 2.24) is 5.32 Å². The normalized spacial score (nSPS) is 29.7. The lowest BCUT2D eigenvalue weighted by molar-refractivity contribution is 0.0769. The van der Waals surface area contributed by atoms with Crippen molar-refractivity contribution < 1.29 is 4.74 Å². The van der Waals surface area contributed by atoms with Gasteiger partial charge in [-0.25, -0.2) is 0 Å². The molecule has 2 aliphatic rings. The Hall–Kier alpha value is -0.340. The van der Waals surface area contributed by atoms with Crippen molar-refractivity contribution in [3.05, 3.63) is 11.6 Å². The minimum absolute atomic E-state index is 0.552. The molecular weight excluding hydrogens is 186 g/mol. The summed E-state index contributed by atoms with van der Waals surface area (Å²) in [4.78, 5) is 0. The van der Waals surface area contributed by atoms with Crippen LogP contribution in [0.2, 0.25) is 0 Å². The predicted molar refractivity (Wildman–Crippen MR) is 62.9 cm³/mol. The van der Waals surface area contributed by atoms with Crippen molar-refractivity contribution in [3.63, 3.8) is 0 Å². The van der Waals surface area contributed by atoms with Gasteiger partial charge in [0.1, 0.15) is 0 Å². The smallest absolute Gasteiger partial charge is 0.0623 e. The SMILES string of the molecule is CC(=CC1CCCC1)CC1COCCN1. The van der Waals surface area contributed by atoms with Gasteiger partial charge in [0.25, 0.3) is 0 Å². The van der Waals surface area contributed by atoms with Crippen LogP contribution in [0.5, 0.6) is 0 Å². The van der Waals surface area contributed by atoms with E-state index in [9.17, 15) is 0 Å². The standard InChI is InChI=1S/C13H23NO/c1-11(8-12-4-2-3-5-12)9-13-10-15-7-6-14-13/h8,12-14H,2-7,9-10H2,1H3. The fraction of sp³-hybridized carbons (Fsp3) is 0.846. The number of nitrogens with one attached hydrogen (secondary N) is 1. The summed E-state index contributed by atoms with van der Waals surface area (Å²) in [5, 5.41) is 3.51. The molecule has 1 N–H and O–H groups in total. The maximum absolute atomic E-state index is 5.46. The Kier molecular flexibility index (Phi) is 4.21. The van der Waals surface area contributed by atoms with E-state index in [1.807, 2.05) is 0 Å². The van der Waals surface area contributed by atoms with Crippen LogP contribution >= 0.6 is 0 Å². The van der Waals surface area contributed by atoms with E-state index in [0.29, 0.717) is 6.04 Å². The molecule has 1 saturated heterocycles. The van der Waals surface area contributed by atoms with Crippen molar-refractivity contribution in [3.8, 4) is 0 Å². The molecule has 0 aromatic heterocycles. The molecule has 1 saturated carbocycles. The zero-order valence-corrected chi connectivity index (χ0v) is 9.80. The Bertz CT molecular complexity index is 213. The fourth-order valence-corrected chi connectivity index (χ4v) is 2.73. The van der Waals surface area contributed by atoms with E-state index in [0.717, 1.165) is 32.1 Å². The van der Waals surface area contributed by atoms with Crippen LogP contribution in [-0.4, -0.2) is 25.8 Å². The van der Waals surface area contributed by atoms with Gasteiger partial charge in [-0.2, -0.15) is 0 Å². The maximum atomic E-state index is 5.46. The van der Waals surface area contributed by atoms with Crippen LogP contribution in [-0.2, 0) is 4.74 Å². The molecule has 2 heteroatoms. The highest BCUT2D eigenvalue weighted by Gasteiger charge is 2.15. The Morgan fingerprint density at radius 2 is 2.20 bits per heavy atom. The van der Waals surface area contributed by atoms with E-state index in [-0.39, 0.29) is 0 Å². The number of rotatable bonds is 3. The lowest BCUT2D eigenvalue weighted by atomic mass is 10.0. The average molecular weight is 209 g/mol. The molecule has 0 amide bonds. The van der Waals surface area contributed by atoms with Crippen molar-refractivity contribution in [2.24, 2.45) is 5.92 Å². The van der Waals surface area contributed by atoms with E-state index < -0.39 is 0 Å². The van der Waals surface area contributed by atoms with Gasteiger partial charge in [0.2, 0.25) is 0 Å². The molecule has 0 aromatic rings. The molecule has 0 spiro atoms. The predicted octanol–water partition coefficient (Wildman–Crippen LogP) is 2.50. The zero-order valence-electron chi connectivity index (χ0n) is 9.80. The minimum atomic E-state index is 0.552. The molecule has 1 aliphatic heterocycles. The van der Waals surface area contributed by atoms with E-state index in [2.05, 4.69) is 18.3 Å². The van der Waals surface area contributed by atoms with Crippen molar-refractivity contribution in [1.29, 1.82) is 0 Å². The Labute approximate surface area is 93.1 Å². The summed E-state index contributed by atoms with van der Waals surface area (Å²) in [6.45, 7) is 5.05. The summed E-state index contributed by atoms with van der Waals surface area (Å²) >= 11 is 0. The lowest BCUT2D eigenvalue weighted by Gasteiger charge is -2.24. The molecule has 1 unspecified atom stereocenters. The number of morpholine rings is 1. The largest absolute Gasteiger partial charge is 0.379 e. The van der Waals surface area contributed by atoms with Gasteiger partial charge in [-0.3, -0.25) is 0 Å². The van der Waals surface area contributed by atoms with Gasteiger partial charge >= 0.3 is 0 Å². The summed E-state index contributed by atoms with van der Waals surface area (Å²) in [6, 6.07) is 0.552. The third-order valence-electron chi connectivity index (χ3n) is 3.49. The molecule has 2 rings (SSSR count). The van der Waals surface area contributed by atoms with E-state index in [1.165, 1.54) is 25.7 Å². The molecule has 0 aromatic carbocycles. The van der Waals surface area contributed by atoms with E-state index in [1.54, 1.807) is 5.57 Å². The highest BCUT2D eigenvalue weighted by Crippen LogP contribution is 2.27. The first-order valence-electron chi connectivity index (χ1n) is 6.33. The first kappa shape index (κ1) is 11.2. The quantitative estimate of drug-likeness (QED) is 0.721. The van der Waals surface area contributed by atoms with Crippen LogP contribution in [0.1, 0.15) is 39.0 Å². The highest BCUT2D eigenvalue weighted by molar-refractivity contribution is 5.04. The second-order valence-electron chi connectivity index (χ2n) is 4.99. The lowest BCUT2D eigenvalue weighted by Crippen LogP contribution is -2.41. The third kappa shape index (κ3) is 3.62. The summed E-state index contributed by atoms with van der Waals surface area (Å²) in [6.07, 6.45) is 9.34. The van der Waals surface area contributed by atoms with Crippen LogP contribution < -0.4 is 5.32 Å². The van der Waals surface area contributed by atoms with Gasteiger partial charge in [0.05, 0.1) is 13.2 Å². The summed E-state index contributed by atoms with van der Waals surface area (Å²) in [5.41, 5.74) is 1.55. The van der Waals surface area contributed by atoms with E-state index in [4.69, 9.17) is 4.74 Å². The van der Waals surface area contributed by atoms with Crippen LogP contribution in [0.15, 0.2) is 11.6 Å². The van der Waals surface area contributed by atoms with Gasteiger partial charge in [-0.05, 0) is 32.1 Å². The van der Waals surface area contributed by atoms with Gasteiger partial charge in [0, 0.05) is 12.6 Å². The van der Waals surface area contributed by atoms with Gasteiger partial charge in [-0.15, -0.1) is 0 Å². The Morgan fingerprint density at radius 3 is 2.87 bits per heavy atom. The van der Waals surface area contributed by atoms with Gasteiger partial charge in [0.15, 0.2) is 0 Å². The van der Waals surface area contributed by atoms with Crippen molar-refractivity contribution >= 4 is 0 Å². The molecule has 2 nitrogen and oxygen atoms in total. The number of hydrogen-bond donors (Lipinski definition) is 1. The molecule has 86 valence electrons.